The van der Waals surface area contributed by atoms with Gasteiger partial charge in [-0.3, -0.25) is 4.79 Å². The minimum Gasteiger partial charge on any atom is -0.495 e. The van der Waals surface area contributed by atoms with Crippen LogP contribution in [0.25, 0.3) is 0 Å². The summed E-state index contributed by atoms with van der Waals surface area (Å²) in [4.78, 5) is 15.5. The van der Waals surface area contributed by atoms with Gasteiger partial charge in [-0.05, 0) is 41.3 Å². The Hall–Kier alpha value is -2.86. The highest BCUT2D eigenvalue weighted by Gasteiger charge is 2.19. The van der Waals surface area contributed by atoms with E-state index in [1.54, 1.807) is 30.6 Å². The predicted octanol–water partition coefficient (Wildman–Crippen LogP) is 4.24. The maximum atomic E-state index is 13.3. The van der Waals surface area contributed by atoms with Crippen molar-refractivity contribution in [2.75, 3.05) is 25.6 Å². The number of carbonyl (C=O) groups is 1. The highest BCUT2D eigenvalue weighted by Crippen LogP contribution is 2.28. The Balaban J connectivity index is 1.76. The molecule has 0 radical (unpaired) electrons. The van der Waals surface area contributed by atoms with Gasteiger partial charge in [-0.1, -0.05) is 30.3 Å². The summed E-state index contributed by atoms with van der Waals surface area (Å²) in [6.45, 7) is 0.170. The molecule has 6 heteroatoms. The third-order valence-corrected chi connectivity index (χ3v) is 5.15. The van der Waals surface area contributed by atoms with Crippen LogP contribution < -0.4 is 15.0 Å². The zero-order valence-corrected chi connectivity index (χ0v) is 16.0. The number of hydrogen-bond donors (Lipinski definition) is 1. The van der Waals surface area contributed by atoms with Crippen molar-refractivity contribution < 1.29 is 13.9 Å². The number of likely N-dealkylation sites (N-methyl/N-ethyl adjacent to an activating group) is 1. The van der Waals surface area contributed by atoms with Crippen molar-refractivity contribution in [2.45, 2.75) is 6.04 Å². The van der Waals surface area contributed by atoms with E-state index in [0.717, 1.165) is 16.1 Å². The molecule has 0 saturated heterocycles. The number of halogens is 1. The Morgan fingerprint density at radius 3 is 2.56 bits per heavy atom. The highest BCUT2D eigenvalue weighted by atomic mass is 32.1. The van der Waals surface area contributed by atoms with Gasteiger partial charge in [0.05, 0.1) is 25.4 Å². The van der Waals surface area contributed by atoms with Crippen LogP contribution in [0.4, 0.5) is 10.1 Å². The number of hydrogen-bond acceptors (Lipinski definition) is 4. The summed E-state index contributed by atoms with van der Waals surface area (Å²) < 4.78 is 18.6. The van der Waals surface area contributed by atoms with Gasteiger partial charge in [-0.15, -0.1) is 11.3 Å². The molecule has 0 aliphatic heterocycles. The molecule has 4 nitrogen and oxygen atoms in total. The molecule has 1 aromatic heterocycles. The van der Waals surface area contributed by atoms with Crippen LogP contribution in [0.3, 0.4) is 0 Å². The minimum absolute atomic E-state index is 0.133. The minimum atomic E-state index is -0.316. The summed E-state index contributed by atoms with van der Waals surface area (Å²) >= 11 is 1.55. The topological polar surface area (TPSA) is 41.6 Å². The lowest BCUT2D eigenvalue weighted by Gasteiger charge is -2.23. The quantitative estimate of drug-likeness (QED) is 0.663. The van der Waals surface area contributed by atoms with E-state index in [4.69, 9.17) is 4.74 Å². The summed E-state index contributed by atoms with van der Waals surface area (Å²) in [7, 11) is 3.45. The summed E-state index contributed by atoms with van der Waals surface area (Å²) in [6, 6.07) is 17.3. The average Bonchev–Trinajstić information content (AvgIpc) is 3.21. The summed E-state index contributed by atoms with van der Waals surface area (Å²) in [6.07, 6.45) is 0. The van der Waals surface area contributed by atoms with Gasteiger partial charge in [0.1, 0.15) is 11.6 Å². The van der Waals surface area contributed by atoms with E-state index in [2.05, 4.69) is 5.32 Å². The van der Waals surface area contributed by atoms with Gasteiger partial charge in [0.2, 0.25) is 5.91 Å². The zero-order chi connectivity index (χ0) is 19.2. The van der Waals surface area contributed by atoms with Crippen molar-refractivity contribution in [3.8, 4) is 5.75 Å². The smallest absolute Gasteiger partial charge is 0.240 e. The van der Waals surface area contributed by atoms with Crippen LogP contribution in [0, 0.1) is 5.82 Å². The fourth-order valence-corrected chi connectivity index (χ4v) is 3.68. The number of ether oxygens (including phenoxy) is 1. The number of nitrogens with zero attached hydrogens (tertiary/aromatic N) is 1. The van der Waals surface area contributed by atoms with Crippen LogP contribution >= 0.6 is 11.3 Å². The van der Waals surface area contributed by atoms with E-state index in [9.17, 15) is 9.18 Å². The fourth-order valence-electron chi connectivity index (χ4n) is 2.88. The Morgan fingerprint density at radius 1 is 1.15 bits per heavy atom. The summed E-state index contributed by atoms with van der Waals surface area (Å²) in [5, 5.41) is 5.02. The van der Waals surface area contributed by atoms with Crippen LogP contribution in [0.2, 0.25) is 0 Å². The monoisotopic (exact) mass is 384 g/mol. The number of rotatable bonds is 7. The molecule has 0 fully saturated rings. The molecular weight excluding hydrogens is 363 g/mol. The number of methoxy groups -OCH3 is 1. The molecule has 140 valence electrons. The molecule has 0 aliphatic carbocycles. The average molecular weight is 384 g/mol. The zero-order valence-electron chi connectivity index (χ0n) is 15.2. The number of anilines is 1. The molecule has 0 bridgehead atoms. The second-order valence-corrected chi connectivity index (χ2v) is 7.07. The van der Waals surface area contributed by atoms with Crippen molar-refractivity contribution >= 4 is 22.9 Å². The van der Waals surface area contributed by atoms with Crippen LogP contribution in [0.15, 0.2) is 66.0 Å². The van der Waals surface area contributed by atoms with Gasteiger partial charge in [0, 0.05) is 11.9 Å². The number of carbonyl (C=O) groups excluding carboxylic acids is 1. The molecule has 0 saturated carbocycles. The van der Waals surface area contributed by atoms with Gasteiger partial charge in [-0.25, -0.2) is 4.39 Å². The lowest BCUT2D eigenvalue weighted by atomic mass is 10.1. The largest absolute Gasteiger partial charge is 0.495 e. The van der Waals surface area contributed by atoms with Crippen molar-refractivity contribution in [2.24, 2.45) is 0 Å². The number of thiophene rings is 1. The molecular formula is C21H21FN2O2S. The molecule has 1 unspecified atom stereocenters. The molecule has 1 atom stereocenters. The molecule has 3 aromatic rings. The number of amides is 1. The number of para-hydroxylation sites is 2. The van der Waals surface area contributed by atoms with Gasteiger partial charge < -0.3 is 15.0 Å². The van der Waals surface area contributed by atoms with Crippen molar-refractivity contribution in [3.63, 3.8) is 0 Å². The maximum Gasteiger partial charge on any atom is 0.240 e. The third-order valence-electron chi connectivity index (χ3n) is 4.21. The third kappa shape index (κ3) is 4.65. The molecule has 0 spiro atoms. The van der Waals surface area contributed by atoms with Crippen molar-refractivity contribution in [1.29, 1.82) is 0 Å². The van der Waals surface area contributed by atoms with E-state index < -0.39 is 0 Å². The van der Waals surface area contributed by atoms with E-state index in [1.165, 1.54) is 12.1 Å². The first-order valence-corrected chi connectivity index (χ1v) is 9.39. The predicted molar refractivity (Wildman–Crippen MR) is 107 cm³/mol. The Kier molecular flexibility index (Phi) is 6.08. The molecule has 1 amide bonds. The van der Waals surface area contributed by atoms with E-state index in [0.29, 0.717) is 5.75 Å². The van der Waals surface area contributed by atoms with Crippen LogP contribution in [-0.4, -0.2) is 26.6 Å². The van der Waals surface area contributed by atoms with Crippen LogP contribution in [0.5, 0.6) is 5.75 Å². The van der Waals surface area contributed by atoms with E-state index in [-0.39, 0.29) is 24.3 Å². The van der Waals surface area contributed by atoms with Crippen molar-refractivity contribution in [1.82, 2.24) is 5.32 Å². The first-order valence-electron chi connectivity index (χ1n) is 8.51. The maximum absolute atomic E-state index is 13.3. The highest BCUT2D eigenvalue weighted by molar-refractivity contribution is 7.10. The lowest BCUT2D eigenvalue weighted by molar-refractivity contribution is -0.120. The van der Waals surface area contributed by atoms with Gasteiger partial charge in [0.15, 0.2) is 0 Å². The molecule has 1 N–H and O–H groups in total. The Bertz CT molecular complexity index is 881. The number of benzene rings is 2. The summed E-state index contributed by atoms with van der Waals surface area (Å²) in [5.74, 6) is 0.276. The van der Waals surface area contributed by atoms with Gasteiger partial charge in [-0.2, -0.15) is 0 Å². The molecule has 0 aliphatic rings. The van der Waals surface area contributed by atoms with Gasteiger partial charge >= 0.3 is 0 Å². The molecule has 3 rings (SSSR count). The standard InChI is InChI=1S/C21H21FN2O2S/c1-24(17-6-3-4-7-18(17)26-2)14-20(25)23-21(19-8-5-13-27-19)15-9-11-16(22)12-10-15/h3-13,21H,14H2,1-2H3,(H,23,25). The van der Waals surface area contributed by atoms with E-state index >= 15 is 0 Å². The lowest BCUT2D eigenvalue weighted by Crippen LogP contribution is -2.37. The number of nitrogens with one attached hydrogen (secondary N) is 1. The SMILES string of the molecule is COc1ccccc1N(C)CC(=O)NC(c1ccc(F)cc1)c1cccs1. The molecule has 27 heavy (non-hydrogen) atoms. The Morgan fingerprint density at radius 2 is 1.89 bits per heavy atom. The molecule has 2 aromatic carbocycles. The van der Waals surface area contributed by atoms with Crippen LogP contribution in [-0.2, 0) is 4.79 Å². The van der Waals surface area contributed by atoms with Crippen LogP contribution in [0.1, 0.15) is 16.5 Å². The van der Waals surface area contributed by atoms with Crippen molar-refractivity contribution in [3.05, 3.63) is 82.3 Å². The fraction of sp³-hybridized carbons (Fsp3) is 0.190. The van der Waals surface area contributed by atoms with Gasteiger partial charge in [0.25, 0.3) is 0 Å². The Labute approximate surface area is 162 Å². The first kappa shape index (κ1) is 18.9. The normalized spacial score (nSPS) is 11.7. The second-order valence-electron chi connectivity index (χ2n) is 6.10. The first-order chi connectivity index (χ1) is 13.1. The molecule has 1 heterocycles. The van der Waals surface area contributed by atoms with E-state index in [1.807, 2.05) is 53.7 Å². The summed E-state index contributed by atoms with van der Waals surface area (Å²) in [5.41, 5.74) is 1.68. The second kappa shape index (κ2) is 8.68.